The third kappa shape index (κ3) is 3.11. The summed E-state index contributed by atoms with van der Waals surface area (Å²) < 4.78 is 0. The monoisotopic (exact) mass is 371 g/mol. The summed E-state index contributed by atoms with van der Waals surface area (Å²) in [5.41, 5.74) is 1.92. The fourth-order valence-corrected chi connectivity index (χ4v) is 4.15. The topological polar surface area (TPSA) is 99.1 Å². The number of hydrazone groups is 1. The van der Waals surface area contributed by atoms with Gasteiger partial charge in [0.25, 0.3) is 0 Å². The lowest BCUT2D eigenvalue weighted by molar-refractivity contribution is -0.167. The molecule has 2 atom stereocenters. The minimum atomic E-state index is -0.564. The molecule has 1 saturated heterocycles. The molecular weight excluding hydrogens is 346 g/mol. The van der Waals surface area contributed by atoms with Crippen LogP contribution in [-0.4, -0.2) is 40.5 Å². The first kappa shape index (κ1) is 19.1. The Kier molecular flexibility index (Phi) is 4.80. The van der Waals surface area contributed by atoms with Crippen molar-refractivity contribution in [1.29, 1.82) is 0 Å². The first-order valence-electron chi connectivity index (χ1n) is 9.14. The Morgan fingerprint density at radius 2 is 2.04 bits per heavy atom. The van der Waals surface area contributed by atoms with E-state index in [1.165, 1.54) is 17.2 Å². The predicted molar refractivity (Wildman–Crippen MR) is 99.8 cm³/mol. The van der Waals surface area contributed by atoms with E-state index in [0.717, 1.165) is 0 Å². The molecule has 2 N–H and O–H groups in total. The van der Waals surface area contributed by atoms with E-state index in [1.54, 1.807) is 18.2 Å². The number of amides is 3. The summed E-state index contributed by atoms with van der Waals surface area (Å²) >= 11 is 0. The van der Waals surface area contributed by atoms with Crippen molar-refractivity contribution in [3.63, 3.8) is 0 Å². The van der Waals surface area contributed by atoms with Gasteiger partial charge in [-0.2, -0.15) is 5.10 Å². The molecule has 3 amide bonds. The first-order valence-corrected chi connectivity index (χ1v) is 9.14. The molecule has 1 saturated carbocycles. The number of rotatable bonds is 5. The Hall–Kier alpha value is -2.70. The van der Waals surface area contributed by atoms with Crippen molar-refractivity contribution in [2.45, 2.75) is 40.0 Å². The number of phenolic OH excluding ortho intramolecular Hbond substituents is 1. The number of carbonyl (C=O) groups excluding carboxylic acids is 3. The lowest BCUT2D eigenvalue weighted by atomic mass is 9.62. The molecule has 0 spiro atoms. The smallest absolute Gasteiger partial charge is 0.241 e. The summed E-state index contributed by atoms with van der Waals surface area (Å²) in [6.07, 6.45) is 2.73. The van der Waals surface area contributed by atoms with Gasteiger partial charge >= 0.3 is 0 Å². The number of imide groups is 1. The lowest BCUT2D eigenvalue weighted by Gasteiger charge is -2.47. The number of aromatic hydroxyl groups is 1. The third-order valence-electron chi connectivity index (χ3n) is 6.40. The Balaban J connectivity index is 1.59. The number of phenols is 1. The van der Waals surface area contributed by atoms with Crippen LogP contribution in [0.4, 0.5) is 0 Å². The second-order valence-corrected chi connectivity index (χ2v) is 8.04. The Bertz CT molecular complexity index is 817. The summed E-state index contributed by atoms with van der Waals surface area (Å²) in [4.78, 5) is 38.9. The van der Waals surface area contributed by atoms with Gasteiger partial charge in [0, 0.05) is 24.4 Å². The fourth-order valence-electron chi connectivity index (χ4n) is 4.15. The molecule has 0 radical (unpaired) electrons. The number of fused-ring (bicyclic) bond motifs is 2. The summed E-state index contributed by atoms with van der Waals surface area (Å²) in [5, 5.41) is 13.5. The van der Waals surface area contributed by atoms with Gasteiger partial charge in [-0.15, -0.1) is 0 Å². The molecule has 1 aliphatic heterocycles. The molecule has 144 valence electrons. The molecular formula is C20H25N3O4. The zero-order chi connectivity index (χ0) is 19.8. The van der Waals surface area contributed by atoms with Crippen molar-refractivity contribution < 1.29 is 19.5 Å². The molecule has 27 heavy (non-hydrogen) atoms. The molecule has 7 heteroatoms. The molecule has 1 aromatic rings. The van der Waals surface area contributed by atoms with E-state index in [9.17, 15) is 19.5 Å². The maximum absolute atomic E-state index is 12.9. The van der Waals surface area contributed by atoms with Crippen molar-refractivity contribution >= 4 is 23.9 Å². The average Bonchev–Trinajstić information content (AvgIpc) is 2.80. The van der Waals surface area contributed by atoms with Gasteiger partial charge in [0.05, 0.1) is 11.6 Å². The van der Waals surface area contributed by atoms with Crippen LogP contribution >= 0.6 is 0 Å². The number of likely N-dealkylation sites (tertiary alicyclic amines) is 1. The molecule has 2 fully saturated rings. The van der Waals surface area contributed by atoms with Crippen LogP contribution in [-0.2, 0) is 14.4 Å². The quantitative estimate of drug-likeness (QED) is 0.470. The number of benzene rings is 1. The predicted octanol–water partition coefficient (Wildman–Crippen LogP) is 2.04. The summed E-state index contributed by atoms with van der Waals surface area (Å²) in [6, 6.07) is 6.61. The Morgan fingerprint density at radius 3 is 2.74 bits per heavy atom. The molecule has 2 aliphatic rings. The second-order valence-electron chi connectivity index (χ2n) is 8.04. The molecule has 1 heterocycles. The van der Waals surface area contributed by atoms with Gasteiger partial charge in [0.1, 0.15) is 5.75 Å². The normalized spacial score (nSPS) is 26.6. The molecule has 0 aromatic heterocycles. The van der Waals surface area contributed by atoms with Crippen LogP contribution in [0.2, 0.25) is 0 Å². The highest BCUT2D eigenvalue weighted by molar-refractivity contribution is 6.04. The SMILES string of the molecule is CC12CCC(C(=O)N(CCC(=O)NN=Cc3ccccc3O)C1=O)C2(C)C. The van der Waals surface area contributed by atoms with E-state index >= 15 is 0 Å². The summed E-state index contributed by atoms with van der Waals surface area (Å²) in [6.45, 7) is 5.94. The molecule has 3 rings (SSSR count). The van der Waals surface area contributed by atoms with Crippen LogP contribution < -0.4 is 5.43 Å². The van der Waals surface area contributed by atoms with Crippen LogP contribution in [0.1, 0.15) is 45.6 Å². The number of hydrogen-bond donors (Lipinski definition) is 2. The van der Waals surface area contributed by atoms with Crippen LogP contribution in [0.25, 0.3) is 0 Å². The zero-order valence-electron chi connectivity index (χ0n) is 15.9. The minimum absolute atomic E-state index is 0.0151. The van der Waals surface area contributed by atoms with E-state index in [0.29, 0.717) is 18.4 Å². The summed E-state index contributed by atoms with van der Waals surface area (Å²) in [7, 11) is 0. The van der Waals surface area contributed by atoms with Gasteiger partial charge in [-0.3, -0.25) is 19.3 Å². The van der Waals surface area contributed by atoms with Crippen molar-refractivity contribution in [3.8, 4) is 5.75 Å². The molecule has 1 aromatic carbocycles. The maximum Gasteiger partial charge on any atom is 0.241 e. The number of piperidine rings is 1. The molecule has 2 bridgehead atoms. The van der Waals surface area contributed by atoms with Crippen LogP contribution in [0.3, 0.4) is 0 Å². The van der Waals surface area contributed by atoms with Gasteiger partial charge in [-0.05, 0) is 30.4 Å². The molecule has 7 nitrogen and oxygen atoms in total. The molecule has 1 aliphatic carbocycles. The zero-order valence-corrected chi connectivity index (χ0v) is 15.9. The standard InChI is InChI=1S/C20H25N3O4/c1-19(2)14-8-10-20(19,3)18(27)23(17(14)26)11-9-16(25)22-21-12-13-6-4-5-7-15(13)24/h4-7,12,14,24H,8-11H2,1-3H3,(H,22,25). The highest BCUT2D eigenvalue weighted by Gasteiger charge is 2.64. The van der Waals surface area contributed by atoms with Gasteiger partial charge < -0.3 is 5.11 Å². The van der Waals surface area contributed by atoms with Gasteiger partial charge in [-0.25, -0.2) is 5.43 Å². The lowest BCUT2D eigenvalue weighted by Crippen LogP contribution is -2.59. The third-order valence-corrected chi connectivity index (χ3v) is 6.40. The van der Waals surface area contributed by atoms with Gasteiger partial charge in [0.15, 0.2) is 0 Å². The minimum Gasteiger partial charge on any atom is -0.507 e. The average molecular weight is 371 g/mol. The van der Waals surface area contributed by atoms with Crippen LogP contribution in [0, 0.1) is 16.7 Å². The Labute approximate surface area is 158 Å². The fraction of sp³-hybridized carbons (Fsp3) is 0.500. The number of nitrogens with zero attached hydrogens (tertiary/aromatic N) is 2. The Morgan fingerprint density at radius 1 is 1.33 bits per heavy atom. The van der Waals surface area contributed by atoms with Gasteiger partial charge in [-0.1, -0.05) is 32.9 Å². The van der Waals surface area contributed by atoms with E-state index in [1.807, 2.05) is 20.8 Å². The highest BCUT2D eigenvalue weighted by Crippen LogP contribution is 2.59. The molecule has 2 unspecified atom stereocenters. The second kappa shape index (κ2) is 6.79. The van der Waals surface area contributed by atoms with E-state index in [4.69, 9.17) is 0 Å². The number of para-hydroxylation sites is 1. The largest absolute Gasteiger partial charge is 0.507 e. The van der Waals surface area contributed by atoms with E-state index in [2.05, 4.69) is 10.5 Å². The van der Waals surface area contributed by atoms with Crippen molar-refractivity contribution in [3.05, 3.63) is 29.8 Å². The van der Waals surface area contributed by atoms with Crippen LogP contribution in [0.15, 0.2) is 29.4 Å². The van der Waals surface area contributed by atoms with Crippen molar-refractivity contribution in [2.24, 2.45) is 21.8 Å². The van der Waals surface area contributed by atoms with Gasteiger partial charge in [0.2, 0.25) is 17.7 Å². The van der Waals surface area contributed by atoms with E-state index in [-0.39, 0.29) is 41.9 Å². The van der Waals surface area contributed by atoms with Crippen LogP contribution in [0.5, 0.6) is 5.75 Å². The maximum atomic E-state index is 12.9. The highest BCUT2D eigenvalue weighted by atomic mass is 16.3. The van der Waals surface area contributed by atoms with Crippen molar-refractivity contribution in [1.82, 2.24) is 10.3 Å². The first-order chi connectivity index (χ1) is 12.7. The van der Waals surface area contributed by atoms with E-state index < -0.39 is 11.3 Å². The number of nitrogens with one attached hydrogen (secondary N) is 1. The number of carbonyl (C=O) groups is 3. The summed E-state index contributed by atoms with van der Waals surface area (Å²) in [5.74, 6) is -0.875. The van der Waals surface area contributed by atoms with Crippen molar-refractivity contribution in [2.75, 3.05) is 6.54 Å². The number of hydrogen-bond acceptors (Lipinski definition) is 5.